The maximum atomic E-state index is 15.2. The van der Waals surface area contributed by atoms with Crippen LogP contribution in [-0.4, -0.2) is 78.9 Å². The van der Waals surface area contributed by atoms with Crippen LogP contribution in [0.25, 0.3) is 0 Å². The maximum Gasteiger partial charge on any atom is 0.351 e. The molecule has 2 N–H and O–H groups in total. The first-order chi connectivity index (χ1) is 21.1. The van der Waals surface area contributed by atoms with Crippen LogP contribution in [0.15, 0.2) is 42.6 Å². The number of piperazine rings is 1. The van der Waals surface area contributed by atoms with Gasteiger partial charge in [-0.15, -0.1) is 0 Å². The van der Waals surface area contributed by atoms with Crippen molar-refractivity contribution in [2.45, 2.75) is 76.2 Å². The first-order valence-corrected chi connectivity index (χ1v) is 15.7. The number of alkyl halides is 2. The number of methoxy groups -OCH3 is 1. The number of benzene rings is 1. The summed E-state index contributed by atoms with van der Waals surface area (Å²) in [5, 5.41) is 5.24. The van der Waals surface area contributed by atoms with Crippen LogP contribution in [0, 0.1) is 5.92 Å². The van der Waals surface area contributed by atoms with Crippen LogP contribution in [0.5, 0.6) is 5.88 Å². The third kappa shape index (κ3) is 8.52. The molecule has 1 aliphatic heterocycles. The smallest absolute Gasteiger partial charge is 0.351 e. The number of hydrogen-bond acceptors (Lipinski definition) is 6. The van der Waals surface area contributed by atoms with E-state index < -0.39 is 29.3 Å². The van der Waals surface area contributed by atoms with Crippen LogP contribution in [0.1, 0.15) is 75.3 Å². The highest BCUT2D eigenvalue weighted by Crippen LogP contribution is 2.32. The monoisotopic (exact) mass is 613 g/mol. The Morgan fingerprint density at radius 3 is 2.23 bits per heavy atom. The summed E-state index contributed by atoms with van der Waals surface area (Å²) < 4.78 is 35.3. The Morgan fingerprint density at radius 1 is 1.00 bits per heavy atom. The molecule has 0 radical (unpaired) electrons. The molecule has 2 heterocycles. The standard InChI is InChI=1S/C33H45F2N5O4/c1-4-23(21-29(41)40-19-17-39(2)18-20-40)24-11-14-27(15-12-24)37-31(42)30(25-9-7-5-6-8-10-25)38-32(43)33(34,35)26-13-16-28(44-3)36-22-26/h11-16,22-23,25,30H,4-10,17-21H2,1-3H3,(H,37,42)(H,38,43)/t23-,30+/m1/s1. The quantitative estimate of drug-likeness (QED) is 0.349. The fourth-order valence-corrected chi connectivity index (χ4v) is 6.04. The molecule has 1 aromatic carbocycles. The Bertz CT molecular complexity index is 1240. The lowest BCUT2D eigenvalue weighted by molar-refractivity contribution is -0.149. The van der Waals surface area contributed by atoms with Gasteiger partial charge in [0.2, 0.25) is 17.7 Å². The van der Waals surface area contributed by atoms with E-state index in [-0.39, 0.29) is 23.6 Å². The summed E-state index contributed by atoms with van der Waals surface area (Å²) in [6, 6.07) is 8.55. The largest absolute Gasteiger partial charge is 0.481 e. The van der Waals surface area contributed by atoms with Crippen LogP contribution >= 0.6 is 0 Å². The van der Waals surface area contributed by atoms with E-state index in [1.54, 1.807) is 12.1 Å². The highest BCUT2D eigenvalue weighted by molar-refractivity contribution is 5.98. The van der Waals surface area contributed by atoms with E-state index >= 15 is 8.78 Å². The molecule has 11 heteroatoms. The molecule has 2 fully saturated rings. The molecule has 2 atom stereocenters. The number of rotatable bonds is 11. The molecule has 240 valence electrons. The van der Waals surface area contributed by atoms with Crippen LogP contribution < -0.4 is 15.4 Å². The molecular weight excluding hydrogens is 568 g/mol. The van der Waals surface area contributed by atoms with E-state index in [4.69, 9.17) is 4.74 Å². The molecule has 1 saturated heterocycles. The zero-order valence-electron chi connectivity index (χ0n) is 26.0. The highest BCUT2D eigenvalue weighted by Gasteiger charge is 2.44. The third-order valence-corrected chi connectivity index (χ3v) is 8.95. The number of nitrogens with zero attached hydrogens (tertiary/aromatic N) is 3. The van der Waals surface area contributed by atoms with Crippen molar-refractivity contribution in [3.63, 3.8) is 0 Å². The Labute approximate surface area is 258 Å². The molecule has 2 aliphatic rings. The molecule has 3 amide bonds. The molecule has 1 aromatic heterocycles. The SMILES string of the molecule is CC[C@H](CC(=O)N1CCN(C)CC1)c1ccc(NC(=O)[C@@H](NC(=O)C(F)(F)c2ccc(OC)nc2)C2CCCCCC2)cc1. The topological polar surface area (TPSA) is 104 Å². The van der Waals surface area contributed by atoms with E-state index in [1.165, 1.54) is 13.2 Å². The number of hydrogen-bond donors (Lipinski definition) is 2. The van der Waals surface area contributed by atoms with Gasteiger partial charge in [0.15, 0.2) is 0 Å². The normalized spacial score (nSPS) is 18.2. The number of amides is 3. The number of anilines is 1. The molecule has 0 unspecified atom stereocenters. The first-order valence-electron chi connectivity index (χ1n) is 15.7. The zero-order valence-corrected chi connectivity index (χ0v) is 26.0. The van der Waals surface area contributed by atoms with Gasteiger partial charge in [-0.05, 0) is 61.9 Å². The van der Waals surface area contributed by atoms with E-state index in [2.05, 4.69) is 34.5 Å². The Kier molecular flexibility index (Phi) is 11.7. The molecule has 44 heavy (non-hydrogen) atoms. The van der Waals surface area contributed by atoms with E-state index in [9.17, 15) is 14.4 Å². The van der Waals surface area contributed by atoms with Crippen LogP contribution in [0.4, 0.5) is 14.5 Å². The number of halogens is 2. The van der Waals surface area contributed by atoms with Gasteiger partial charge in [0.05, 0.1) is 7.11 Å². The number of carbonyl (C=O) groups is 3. The lowest BCUT2D eigenvalue weighted by atomic mass is 9.90. The predicted octanol–water partition coefficient (Wildman–Crippen LogP) is 4.93. The minimum absolute atomic E-state index is 0.0413. The molecule has 4 rings (SSSR count). The molecule has 2 aromatic rings. The summed E-state index contributed by atoms with van der Waals surface area (Å²) in [6.07, 6.45) is 7.17. The second-order valence-corrected chi connectivity index (χ2v) is 12.0. The number of ether oxygens (including phenoxy) is 1. The molecule has 0 bridgehead atoms. The second-order valence-electron chi connectivity index (χ2n) is 12.0. The summed E-state index contributed by atoms with van der Waals surface area (Å²) in [6.45, 7) is 5.26. The molecular formula is C33H45F2N5O4. The summed E-state index contributed by atoms with van der Waals surface area (Å²) in [4.78, 5) is 47.4. The Hall–Kier alpha value is -3.60. The van der Waals surface area contributed by atoms with Gasteiger partial charge in [-0.25, -0.2) is 4.98 Å². The van der Waals surface area contributed by atoms with E-state index in [0.717, 1.165) is 76.1 Å². The summed E-state index contributed by atoms with van der Waals surface area (Å²) in [5.74, 6) is -5.89. The molecule has 0 spiro atoms. The molecule has 1 saturated carbocycles. The maximum absolute atomic E-state index is 15.2. The number of pyridine rings is 1. The van der Waals surface area contributed by atoms with Crippen molar-refractivity contribution in [2.75, 3.05) is 45.7 Å². The average Bonchev–Trinajstić information content (AvgIpc) is 3.32. The summed E-state index contributed by atoms with van der Waals surface area (Å²) in [7, 11) is 3.42. The van der Waals surface area contributed by atoms with Gasteiger partial charge in [0.1, 0.15) is 6.04 Å². The number of carbonyl (C=O) groups excluding carboxylic acids is 3. The highest BCUT2D eigenvalue weighted by atomic mass is 19.3. The van der Waals surface area contributed by atoms with Gasteiger partial charge in [-0.1, -0.05) is 44.7 Å². The van der Waals surface area contributed by atoms with Gasteiger partial charge in [-0.2, -0.15) is 8.78 Å². The van der Waals surface area contributed by atoms with Crippen molar-refractivity contribution in [1.82, 2.24) is 20.1 Å². The van der Waals surface area contributed by atoms with Crippen molar-refractivity contribution < 1.29 is 27.9 Å². The number of aromatic nitrogens is 1. The summed E-state index contributed by atoms with van der Waals surface area (Å²) in [5.41, 5.74) is 0.912. The van der Waals surface area contributed by atoms with Gasteiger partial charge >= 0.3 is 5.92 Å². The number of likely N-dealkylation sites (N-methyl/N-ethyl adjacent to an activating group) is 1. The minimum Gasteiger partial charge on any atom is -0.481 e. The average molecular weight is 614 g/mol. The van der Waals surface area contributed by atoms with Crippen LogP contribution in [-0.2, 0) is 20.3 Å². The van der Waals surface area contributed by atoms with E-state index in [1.807, 2.05) is 17.0 Å². The lowest BCUT2D eigenvalue weighted by Crippen LogP contribution is -2.52. The van der Waals surface area contributed by atoms with Gasteiger partial charge in [-0.3, -0.25) is 14.4 Å². The minimum atomic E-state index is -3.89. The Balaban J connectivity index is 1.44. The van der Waals surface area contributed by atoms with Crippen molar-refractivity contribution in [1.29, 1.82) is 0 Å². The van der Waals surface area contributed by atoms with Crippen molar-refractivity contribution in [3.05, 3.63) is 53.7 Å². The summed E-state index contributed by atoms with van der Waals surface area (Å²) >= 11 is 0. The van der Waals surface area contributed by atoms with Crippen LogP contribution in [0.2, 0.25) is 0 Å². The van der Waals surface area contributed by atoms with Gasteiger partial charge in [0.25, 0.3) is 5.91 Å². The fraction of sp³-hybridized carbons (Fsp3) is 0.576. The van der Waals surface area contributed by atoms with Crippen molar-refractivity contribution in [2.24, 2.45) is 5.92 Å². The van der Waals surface area contributed by atoms with Crippen molar-refractivity contribution in [3.8, 4) is 5.88 Å². The molecule has 9 nitrogen and oxygen atoms in total. The van der Waals surface area contributed by atoms with Gasteiger partial charge < -0.3 is 25.2 Å². The third-order valence-electron chi connectivity index (χ3n) is 8.95. The Morgan fingerprint density at radius 2 is 1.66 bits per heavy atom. The van der Waals surface area contributed by atoms with E-state index in [0.29, 0.717) is 24.9 Å². The lowest BCUT2D eigenvalue weighted by Gasteiger charge is -2.33. The fourth-order valence-electron chi connectivity index (χ4n) is 6.04. The van der Waals surface area contributed by atoms with Gasteiger partial charge in [0, 0.05) is 56.1 Å². The number of nitrogens with one attached hydrogen (secondary N) is 2. The second kappa shape index (κ2) is 15.4. The van der Waals surface area contributed by atoms with Crippen LogP contribution in [0.3, 0.4) is 0 Å². The zero-order chi connectivity index (χ0) is 31.7. The van der Waals surface area contributed by atoms with Crippen molar-refractivity contribution >= 4 is 23.4 Å². The predicted molar refractivity (Wildman–Crippen MR) is 165 cm³/mol. The molecule has 1 aliphatic carbocycles. The first kappa shape index (κ1) is 33.3.